The Morgan fingerprint density at radius 3 is 2.54 bits per heavy atom. The number of amides is 1. The van der Waals surface area contributed by atoms with Gasteiger partial charge >= 0.3 is 5.97 Å². The molecule has 0 aliphatic heterocycles. The summed E-state index contributed by atoms with van der Waals surface area (Å²) < 4.78 is 0. The number of hydrogen-bond donors (Lipinski definition) is 3. The van der Waals surface area contributed by atoms with Crippen LogP contribution < -0.4 is 11.1 Å². The van der Waals surface area contributed by atoms with Gasteiger partial charge in [0.05, 0.1) is 5.92 Å². The van der Waals surface area contributed by atoms with Gasteiger partial charge in [0.25, 0.3) is 0 Å². The van der Waals surface area contributed by atoms with Crippen LogP contribution in [0.1, 0.15) is 19.3 Å². The van der Waals surface area contributed by atoms with E-state index in [0.29, 0.717) is 6.54 Å². The normalized spacial score (nSPS) is 26.5. The number of aliphatic carboxylic acids is 1. The molecule has 0 aromatic rings. The highest BCUT2D eigenvalue weighted by atomic mass is 16.4. The zero-order chi connectivity index (χ0) is 9.84. The third-order valence-corrected chi connectivity index (χ3v) is 2.37. The van der Waals surface area contributed by atoms with Gasteiger partial charge in [-0.05, 0) is 12.8 Å². The van der Waals surface area contributed by atoms with Crippen LogP contribution in [0.3, 0.4) is 0 Å². The molecule has 2 unspecified atom stereocenters. The predicted molar refractivity (Wildman–Crippen MR) is 46.0 cm³/mol. The standard InChI is InChI=1S/C8H14N2O3/c9-7(11)3-4-10-6-2-1-5(6)8(12)13/h5-6,10H,1-4H2,(H2,9,11)(H,12,13). The molecule has 5 heteroatoms. The molecule has 0 aromatic carbocycles. The molecule has 1 fully saturated rings. The van der Waals surface area contributed by atoms with Crippen LogP contribution in [0.2, 0.25) is 0 Å². The lowest BCUT2D eigenvalue weighted by atomic mass is 9.79. The van der Waals surface area contributed by atoms with Gasteiger partial charge in [-0.15, -0.1) is 0 Å². The summed E-state index contributed by atoms with van der Waals surface area (Å²) in [5, 5.41) is 11.7. The molecule has 5 nitrogen and oxygen atoms in total. The van der Waals surface area contributed by atoms with Crippen LogP contribution in [0.25, 0.3) is 0 Å². The Labute approximate surface area is 76.3 Å². The maximum Gasteiger partial charge on any atom is 0.308 e. The molecule has 1 saturated carbocycles. The van der Waals surface area contributed by atoms with Gasteiger partial charge in [-0.2, -0.15) is 0 Å². The van der Waals surface area contributed by atoms with Crippen molar-refractivity contribution in [2.24, 2.45) is 11.7 Å². The third-order valence-electron chi connectivity index (χ3n) is 2.37. The number of carbonyl (C=O) groups excluding carboxylic acids is 1. The number of primary amides is 1. The molecule has 2 atom stereocenters. The van der Waals surface area contributed by atoms with Gasteiger partial charge < -0.3 is 16.2 Å². The minimum absolute atomic E-state index is 0.0249. The van der Waals surface area contributed by atoms with E-state index in [1.165, 1.54) is 0 Å². The number of carboxylic acid groups (broad SMARTS) is 1. The molecular weight excluding hydrogens is 172 g/mol. The Balaban J connectivity index is 2.15. The van der Waals surface area contributed by atoms with Crippen LogP contribution in [0.4, 0.5) is 0 Å². The van der Waals surface area contributed by atoms with E-state index in [9.17, 15) is 9.59 Å². The van der Waals surface area contributed by atoms with Gasteiger partial charge in [0, 0.05) is 19.0 Å². The number of hydrogen-bond acceptors (Lipinski definition) is 3. The van der Waals surface area contributed by atoms with Gasteiger partial charge in [0.15, 0.2) is 0 Å². The Morgan fingerprint density at radius 2 is 2.15 bits per heavy atom. The molecule has 0 heterocycles. The van der Waals surface area contributed by atoms with Crippen molar-refractivity contribution in [1.82, 2.24) is 5.32 Å². The fourth-order valence-electron chi connectivity index (χ4n) is 1.42. The van der Waals surface area contributed by atoms with E-state index in [0.717, 1.165) is 12.8 Å². The molecule has 1 amide bonds. The van der Waals surface area contributed by atoms with Gasteiger partial charge in [-0.1, -0.05) is 0 Å². The highest BCUT2D eigenvalue weighted by Crippen LogP contribution is 2.27. The van der Waals surface area contributed by atoms with Crippen molar-refractivity contribution in [3.63, 3.8) is 0 Å². The summed E-state index contributed by atoms with van der Waals surface area (Å²) in [6.45, 7) is 0.476. The van der Waals surface area contributed by atoms with E-state index in [2.05, 4.69) is 5.32 Å². The molecule has 1 aliphatic rings. The molecule has 4 N–H and O–H groups in total. The number of nitrogens with one attached hydrogen (secondary N) is 1. The Bertz CT molecular complexity index is 217. The molecule has 13 heavy (non-hydrogen) atoms. The van der Waals surface area contributed by atoms with Crippen molar-refractivity contribution in [2.75, 3.05) is 6.54 Å². The molecule has 0 bridgehead atoms. The van der Waals surface area contributed by atoms with E-state index in [1.54, 1.807) is 0 Å². The second-order valence-corrected chi connectivity index (χ2v) is 3.30. The molecule has 0 aromatic heterocycles. The quantitative estimate of drug-likeness (QED) is 0.530. The molecule has 1 aliphatic carbocycles. The van der Waals surface area contributed by atoms with Crippen molar-refractivity contribution >= 4 is 11.9 Å². The first-order chi connectivity index (χ1) is 6.11. The van der Waals surface area contributed by atoms with Gasteiger partial charge in [-0.3, -0.25) is 9.59 Å². The average Bonchev–Trinajstić information content (AvgIpc) is 1.93. The third kappa shape index (κ3) is 2.69. The SMILES string of the molecule is NC(=O)CCNC1CCC1C(=O)O. The highest BCUT2D eigenvalue weighted by molar-refractivity contribution is 5.74. The lowest BCUT2D eigenvalue weighted by molar-refractivity contribution is -0.146. The first-order valence-electron chi connectivity index (χ1n) is 4.35. The average molecular weight is 186 g/mol. The highest BCUT2D eigenvalue weighted by Gasteiger charge is 2.35. The fraction of sp³-hybridized carbons (Fsp3) is 0.750. The zero-order valence-electron chi connectivity index (χ0n) is 7.32. The smallest absolute Gasteiger partial charge is 0.308 e. The fourth-order valence-corrected chi connectivity index (χ4v) is 1.42. The summed E-state index contributed by atoms with van der Waals surface area (Å²) in [6, 6.07) is 0.0249. The molecule has 0 spiro atoms. The monoisotopic (exact) mass is 186 g/mol. The van der Waals surface area contributed by atoms with Crippen LogP contribution in [0.15, 0.2) is 0 Å². The Hall–Kier alpha value is -1.10. The summed E-state index contributed by atoms with van der Waals surface area (Å²) in [5.41, 5.74) is 4.94. The number of carboxylic acids is 1. The van der Waals surface area contributed by atoms with Crippen molar-refractivity contribution < 1.29 is 14.7 Å². The summed E-state index contributed by atoms with van der Waals surface area (Å²) in [6.07, 6.45) is 1.86. The van der Waals surface area contributed by atoms with E-state index in [4.69, 9.17) is 10.8 Å². The predicted octanol–water partition coefficient (Wildman–Crippen LogP) is -0.685. The van der Waals surface area contributed by atoms with Crippen LogP contribution in [-0.4, -0.2) is 29.6 Å². The van der Waals surface area contributed by atoms with Crippen molar-refractivity contribution in [3.05, 3.63) is 0 Å². The number of carbonyl (C=O) groups is 2. The van der Waals surface area contributed by atoms with Crippen molar-refractivity contribution in [2.45, 2.75) is 25.3 Å². The van der Waals surface area contributed by atoms with Gasteiger partial charge in [-0.25, -0.2) is 0 Å². The summed E-state index contributed by atoms with van der Waals surface area (Å²) >= 11 is 0. The van der Waals surface area contributed by atoms with Crippen molar-refractivity contribution in [1.29, 1.82) is 0 Å². The molecule has 74 valence electrons. The molecule has 0 saturated heterocycles. The number of rotatable bonds is 5. The number of nitrogens with two attached hydrogens (primary N) is 1. The van der Waals surface area contributed by atoms with Gasteiger partial charge in [0.2, 0.25) is 5.91 Å². The van der Waals surface area contributed by atoms with E-state index in [1.807, 2.05) is 0 Å². The first kappa shape index (κ1) is 9.98. The maximum atomic E-state index is 10.6. The zero-order valence-corrected chi connectivity index (χ0v) is 7.32. The minimum atomic E-state index is -0.761. The minimum Gasteiger partial charge on any atom is -0.481 e. The Kier molecular flexibility index (Phi) is 3.25. The van der Waals surface area contributed by atoms with Crippen LogP contribution in [-0.2, 0) is 9.59 Å². The Morgan fingerprint density at radius 1 is 1.46 bits per heavy atom. The molecular formula is C8H14N2O3. The largest absolute Gasteiger partial charge is 0.481 e. The maximum absolute atomic E-state index is 10.6. The van der Waals surface area contributed by atoms with Crippen molar-refractivity contribution in [3.8, 4) is 0 Å². The van der Waals surface area contributed by atoms with E-state index in [-0.39, 0.29) is 24.3 Å². The first-order valence-corrected chi connectivity index (χ1v) is 4.35. The lowest BCUT2D eigenvalue weighted by Crippen LogP contribution is -2.48. The van der Waals surface area contributed by atoms with E-state index < -0.39 is 5.97 Å². The van der Waals surface area contributed by atoms with Crippen LogP contribution >= 0.6 is 0 Å². The van der Waals surface area contributed by atoms with Crippen LogP contribution in [0.5, 0.6) is 0 Å². The molecule has 1 rings (SSSR count). The van der Waals surface area contributed by atoms with Crippen LogP contribution in [0, 0.1) is 5.92 Å². The topological polar surface area (TPSA) is 92.4 Å². The second-order valence-electron chi connectivity index (χ2n) is 3.30. The summed E-state index contributed by atoms with van der Waals surface area (Å²) in [5.74, 6) is -1.41. The lowest BCUT2D eigenvalue weighted by Gasteiger charge is -2.34. The van der Waals surface area contributed by atoms with E-state index >= 15 is 0 Å². The van der Waals surface area contributed by atoms with Gasteiger partial charge in [0.1, 0.15) is 0 Å². The summed E-state index contributed by atoms with van der Waals surface area (Å²) in [7, 11) is 0. The second kappa shape index (κ2) is 4.23. The molecule has 0 radical (unpaired) electrons. The summed E-state index contributed by atoms with van der Waals surface area (Å²) in [4.78, 5) is 20.9.